The second kappa shape index (κ2) is 11.5. The number of nitrogens with one attached hydrogen (secondary N) is 4. The molecule has 0 aliphatic rings. The third kappa shape index (κ3) is 7.74. The number of aromatic nitrogens is 2. The standard InChI is InChI=1S/C21H28N6O5/c1-12(2)7-17(21(31)32)27-20(30)16(8-15-9-23-11-25-15)26-18(28)10-24-19(29)13-3-5-14(22)6-4-13/h3-6,9,11-12,16-17H,7-8,10,22H2,1-2H3,(H,23,25)(H,24,29)(H,26,28)(H,27,30)(H,31,32)/t16-,17-/m0/s1. The number of anilines is 1. The van der Waals surface area contributed by atoms with E-state index in [2.05, 4.69) is 25.9 Å². The average Bonchev–Trinajstić information content (AvgIpc) is 3.24. The number of carbonyl (C=O) groups is 4. The maximum absolute atomic E-state index is 12.8. The summed E-state index contributed by atoms with van der Waals surface area (Å²) < 4.78 is 0. The Kier molecular flexibility index (Phi) is 8.75. The number of H-pyrrole nitrogens is 1. The molecule has 0 bridgehead atoms. The molecule has 1 heterocycles. The van der Waals surface area contributed by atoms with E-state index in [9.17, 15) is 24.3 Å². The summed E-state index contributed by atoms with van der Waals surface area (Å²) in [5.74, 6) is -2.86. The van der Waals surface area contributed by atoms with Gasteiger partial charge in [0.15, 0.2) is 0 Å². The van der Waals surface area contributed by atoms with Crippen molar-refractivity contribution in [1.29, 1.82) is 0 Å². The van der Waals surface area contributed by atoms with E-state index in [4.69, 9.17) is 5.73 Å². The summed E-state index contributed by atoms with van der Waals surface area (Å²) in [5, 5.41) is 16.9. The fourth-order valence-corrected chi connectivity index (χ4v) is 2.93. The molecule has 172 valence electrons. The molecule has 1 aromatic heterocycles. The quantitative estimate of drug-likeness (QED) is 0.265. The van der Waals surface area contributed by atoms with Crippen molar-refractivity contribution in [3.05, 3.63) is 48.0 Å². The number of carboxylic acids is 1. The molecule has 0 aliphatic heterocycles. The first-order valence-corrected chi connectivity index (χ1v) is 10.1. The second-order valence-electron chi connectivity index (χ2n) is 7.72. The number of imidazole rings is 1. The Balaban J connectivity index is 2.01. The molecule has 0 fully saturated rings. The Labute approximate surface area is 185 Å². The number of amides is 3. The highest BCUT2D eigenvalue weighted by atomic mass is 16.4. The van der Waals surface area contributed by atoms with Crippen LogP contribution in [0.5, 0.6) is 0 Å². The van der Waals surface area contributed by atoms with E-state index >= 15 is 0 Å². The van der Waals surface area contributed by atoms with Gasteiger partial charge in [-0.15, -0.1) is 0 Å². The van der Waals surface area contributed by atoms with Crippen LogP contribution in [0.15, 0.2) is 36.8 Å². The maximum atomic E-state index is 12.8. The normalized spacial score (nSPS) is 12.6. The van der Waals surface area contributed by atoms with Crippen LogP contribution >= 0.6 is 0 Å². The van der Waals surface area contributed by atoms with E-state index in [-0.39, 0.29) is 25.3 Å². The van der Waals surface area contributed by atoms with Gasteiger partial charge in [0, 0.05) is 23.9 Å². The topological polar surface area (TPSA) is 179 Å². The van der Waals surface area contributed by atoms with Crippen LogP contribution in [0.4, 0.5) is 5.69 Å². The first kappa shape index (κ1) is 24.4. The second-order valence-corrected chi connectivity index (χ2v) is 7.72. The molecule has 0 saturated heterocycles. The number of carboxylic acid groups (broad SMARTS) is 1. The summed E-state index contributed by atoms with van der Waals surface area (Å²) in [6.07, 6.45) is 3.28. The Morgan fingerprint density at radius 3 is 2.34 bits per heavy atom. The minimum Gasteiger partial charge on any atom is -0.480 e. The summed E-state index contributed by atoms with van der Waals surface area (Å²) in [6, 6.07) is 4.01. The van der Waals surface area contributed by atoms with Gasteiger partial charge in [0.1, 0.15) is 12.1 Å². The SMILES string of the molecule is CC(C)C[C@H](NC(=O)[C@H](Cc1c[nH]cn1)NC(=O)CNC(=O)c1ccc(N)cc1)C(=O)O. The number of nitrogen functional groups attached to an aromatic ring is 1. The van der Waals surface area contributed by atoms with Crippen LogP contribution in [-0.2, 0) is 20.8 Å². The molecule has 0 spiro atoms. The van der Waals surface area contributed by atoms with E-state index in [1.54, 1.807) is 18.3 Å². The zero-order valence-corrected chi connectivity index (χ0v) is 17.9. The van der Waals surface area contributed by atoms with Gasteiger partial charge in [-0.1, -0.05) is 13.8 Å². The van der Waals surface area contributed by atoms with Crippen molar-refractivity contribution < 1.29 is 24.3 Å². The Bertz CT molecular complexity index is 927. The van der Waals surface area contributed by atoms with Crippen molar-refractivity contribution in [2.45, 2.75) is 38.8 Å². The van der Waals surface area contributed by atoms with Gasteiger partial charge in [0.05, 0.1) is 18.6 Å². The number of rotatable bonds is 11. The van der Waals surface area contributed by atoms with Gasteiger partial charge in [-0.2, -0.15) is 0 Å². The number of hydrogen-bond acceptors (Lipinski definition) is 6. The lowest BCUT2D eigenvalue weighted by Gasteiger charge is -2.22. The molecule has 0 aliphatic carbocycles. The third-order valence-electron chi connectivity index (χ3n) is 4.52. The van der Waals surface area contributed by atoms with E-state index in [1.807, 2.05) is 13.8 Å². The number of nitrogens with two attached hydrogens (primary N) is 1. The number of carbonyl (C=O) groups excluding carboxylic acids is 3. The highest BCUT2D eigenvalue weighted by Gasteiger charge is 2.27. The highest BCUT2D eigenvalue weighted by molar-refractivity contribution is 5.97. The van der Waals surface area contributed by atoms with Crippen LogP contribution in [0.1, 0.15) is 36.3 Å². The molecule has 2 aromatic rings. The number of aliphatic carboxylic acids is 1. The molecular formula is C21H28N6O5. The van der Waals surface area contributed by atoms with Gasteiger partial charge in [0.25, 0.3) is 5.91 Å². The van der Waals surface area contributed by atoms with E-state index in [0.717, 1.165) is 0 Å². The highest BCUT2D eigenvalue weighted by Crippen LogP contribution is 2.07. The van der Waals surface area contributed by atoms with E-state index in [1.165, 1.54) is 18.5 Å². The molecule has 0 unspecified atom stereocenters. The molecule has 3 amide bonds. The maximum Gasteiger partial charge on any atom is 0.326 e. The van der Waals surface area contributed by atoms with Gasteiger partial charge < -0.3 is 31.8 Å². The van der Waals surface area contributed by atoms with Crippen molar-refractivity contribution in [1.82, 2.24) is 25.9 Å². The molecule has 11 nitrogen and oxygen atoms in total. The van der Waals surface area contributed by atoms with Gasteiger partial charge >= 0.3 is 5.97 Å². The summed E-state index contributed by atoms with van der Waals surface area (Å²) in [4.78, 5) is 55.6. The van der Waals surface area contributed by atoms with E-state index in [0.29, 0.717) is 16.9 Å². The predicted octanol–water partition coefficient (Wildman–Crippen LogP) is 0.0647. The molecule has 11 heteroatoms. The lowest BCUT2D eigenvalue weighted by atomic mass is 10.0. The molecule has 2 atom stereocenters. The molecule has 1 aromatic carbocycles. The largest absolute Gasteiger partial charge is 0.480 e. The first-order chi connectivity index (χ1) is 15.2. The molecule has 0 radical (unpaired) electrons. The zero-order valence-electron chi connectivity index (χ0n) is 17.9. The summed E-state index contributed by atoms with van der Waals surface area (Å²) >= 11 is 0. The summed E-state index contributed by atoms with van der Waals surface area (Å²) in [5.41, 5.74) is 6.93. The minimum atomic E-state index is -1.16. The fourth-order valence-electron chi connectivity index (χ4n) is 2.93. The fraction of sp³-hybridized carbons (Fsp3) is 0.381. The van der Waals surface area contributed by atoms with Crippen molar-refractivity contribution in [2.24, 2.45) is 5.92 Å². The molecule has 32 heavy (non-hydrogen) atoms. The number of hydrogen-bond donors (Lipinski definition) is 6. The van der Waals surface area contributed by atoms with Crippen LogP contribution in [-0.4, -0.2) is 57.4 Å². The number of benzene rings is 1. The first-order valence-electron chi connectivity index (χ1n) is 10.1. The Morgan fingerprint density at radius 1 is 1.09 bits per heavy atom. The number of nitrogens with zero attached hydrogens (tertiary/aromatic N) is 1. The lowest BCUT2D eigenvalue weighted by Crippen LogP contribution is -2.54. The third-order valence-corrected chi connectivity index (χ3v) is 4.52. The van der Waals surface area contributed by atoms with Crippen LogP contribution in [0.3, 0.4) is 0 Å². The summed E-state index contributed by atoms with van der Waals surface area (Å²) in [6.45, 7) is 3.31. The zero-order chi connectivity index (χ0) is 23.7. The van der Waals surface area contributed by atoms with Crippen LogP contribution < -0.4 is 21.7 Å². The van der Waals surface area contributed by atoms with Crippen molar-refractivity contribution >= 4 is 29.4 Å². The lowest BCUT2D eigenvalue weighted by molar-refractivity contribution is -0.142. The molecular weight excluding hydrogens is 416 g/mol. The Hall–Kier alpha value is -3.89. The van der Waals surface area contributed by atoms with Gasteiger partial charge in [-0.05, 0) is 36.6 Å². The summed E-state index contributed by atoms with van der Waals surface area (Å²) in [7, 11) is 0. The molecule has 2 rings (SSSR count). The monoisotopic (exact) mass is 444 g/mol. The minimum absolute atomic E-state index is 0.0410. The average molecular weight is 444 g/mol. The molecule has 0 saturated carbocycles. The van der Waals surface area contributed by atoms with Crippen LogP contribution in [0, 0.1) is 5.92 Å². The van der Waals surface area contributed by atoms with Crippen molar-refractivity contribution in [3.8, 4) is 0 Å². The van der Waals surface area contributed by atoms with Gasteiger partial charge in [0.2, 0.25) is 11.8 Å². The van der Waals surface area contributed by atoms with Gasteiger partial charge in [-0.25, -0.2) is 9.78 Å². The Morgan fingerprint density at radius 2 is 1.78 bits per heavy atom. The van der Waals surface area contributed by atoms with Crippen LogP contribution in [0.25, 0.3) is 0 Å². The predicted molar refractivity (Wildman–Crippen MR) is 116 cm³/mol. The van der Waals surface area contributed by atoms with Crippen molar-refractivity contribution in [3.63, 3.8) is 0 Å². The molecule has 7 N–H and O–H groups in total. The van der Waals surface area contributed by atoms with E-state index < -0.39 is 35.8 Å². The number of aromatic amines is 1. The van der Waals surface area contributed by atoms with Crippen LogP contribution in [0.2, 0.25) is 0 Å². The van der Waals surface area contributed by atoms with Gasteiger partial charge in [-0.3, -0.25) is 14.4 Å². The van der Waals surface area contributed by atoms with Crippen molar-refractivity contribution in [2.75, 3.05) is 12.3 Å². The smallest absolute Gasteiger partial charge is 0.326 e.